The summed E-state index contributed by atoms with van der Waals surface area (Å²) in [6, 6.07) is 10.9. The van der Waals surface area contributed by atoms with E-state index in [0.717, 1.165) is 42.6 Å². The van der Waals surface area contributed by atoms with E-state index in [2.05, 4.69) is 11.8 Å². The first-order valence-corrected chi connectivity index (χ1v) is 11.0. The summed E-state index contributed by atoms with van der Waals surface area (Å²) < 4.78 is 5.22. The number of hydrogen-bond donors (Lipinski definition) is 0. The molecule has 31 heavy (non-hydrogen) atoms. The lowest BCUT2D eigenvalue weighted by Crippen LogP contribution is -2.38. The van der Waals surface area contributed by atoms with Gasteiger partial charge in [0.2, 0.25) is 0 Å². The van der Waals surface area contributed by atoms with Gasteiger partial charge in [0, 0.05) is 13.1 Å². The number of halogens is 1. The van der Waals surface area contributed by atoms with Crippen LogP contribution in [0, 0.1) is 19.8 Å². The molecule has 0 saturated carbocycles. The van der Waals surface area contributed by atoms with Gasteiger partial charge in [0.1, 0.15) is 11.4 Å². The number of aryl methyl sites for hydroxylation is 2. The molecule has 5 nitrogen and oxygen atoms in total. The van der Waals surface area contributed by atoms with E-state index in [1.54, 1.807) is 18.2 Å². The standard InChI is InChI=1S/C25H27ClN2O3/c1-15-9-11-27(12-10-15)23-22(18-6-5-16(2)17(3)13-18)24(29)28(25(23)30)19-7-8-21(31-4)20(26)14-19/h5-8,13-15H,9-12H2,1-4H3. The van der Waals surface area contributed by atoms with Crippen LogP contribution in [0.2, 0.25) is 5.02 Å². The minimum Gasteiger partial charge on any atom is -0.495 e. The number of amides is 2. The lowest BCUT2D eigenvalue weighted by molar-refractivity contribution is -0.120. The molecular formula is C25H27ClN2O3. The zero-order chi connectivity index (χ0) is 22.3. The molecule has 0 radical (unpaired) electrons. The van der Waals surface area contributed by atoms with Crippen molar-refractivity contribution in [2.75, 3.05) is 25.1 Å². The molecule has 2 aromatic carbocycles. The molecule has 0 spiro atoms. The van der Waals surface area contributed by atoms with Crippen LogP contribution in [0.25, 0.3) is 5.57 Å². The molecule has 2 heterocycles. The first-order chi connectivity index (χ1) is 14.8. The number of rotatable bonds is 4. The number of piperidine rings is 1. The third kappa shape index (κ3) is 3.83. The summed E-state index contributed by atoms with van der Waals surface area (Å²) in [6.45, 7) is 7.81. The van der Waals surface area contributed by atoms with Crippen LogP contribution in [0.5, 0.6) is 5.75 Å². The molecule has 2 amide bonds. The van der Waals surface area contributed by atoms with Crippen molar-refractivity contribution in [3.63, 3.8) is 0 Å². The fraction of sp³-hybridized carbons (Fsp3) is 0.360. The van der Waals surface area contributed by atoms with E-state index >= 15 is 0 Å². The van der Waals surface area contributed by atoms with Crippen molar-refractivity contribution in [3.05, 3.63) is 63.8 Å². The van der Waals surface area contributed by atoms with E-state index in [1.165, 1.54) is 12.0 Å². The molecule has 1 fully saturated rings. The minimum absolute atomic E-state index is 0.297. The maximum Gasteiger partial charge on any atom is 0.282 e. The number of anilines is 1. The molecule has 0 unspecified atom stereocenters. The van der Waals surface area contributed by atoms with Crippen molar-refractivity contribution in [1.82, 2.24) is 4.90 Å². The predicted molar refractivity (Wildman–Crippen MR) is 123 cm³/mol. The van der Waals surface area contributed by atoms with Gasteiger partial charge in [-0.2, -0.15) is 0 Å². The van der Waals surface area contributed by atoms with Crippen LogP contribution in [-0.4, -0.2) is 36.9 Å². The minimum atomic E-state index is -0.317. The smallest absolute Gasteiger partial charge is 0.282 e. The second kappa shape index (κ2) is 8.39. The van der Waals surface area contributed by atoms with Crippen molar-refractivity contribution >= 4 is 34.7 Å². The lowest BCUT2D eigenvalue weighted by Gasteiger charge is -2.32. The Labute approximate surface area is 188 Å². The van der Waals surface area contributed by atoms with Gasteiger partial charge in [-0.05, 0) is 67.5 Å². The Kier molecular flexibility index (Phi) is 5.80. The average molecular weight is 439 g/mol. The number of benzene rings is 2. The SMILES string of the molecule is COc1ccc(N2C(=O)C(c3ccc(C)c(C)c3)=C(N3CCC(C)CC3)C2=O)cc1Cl. The molecule has 2 aromatic rings. The van der Waals surface area contributed by atoms with Gasteiger partial charge in [-0.25, -0.2) is 4.90 Å². The van der Waals surface area contributed by atoms with Gasteiger partial charge in [-0.3, -0.25) is 9.59 Å². The maximum atomic E-state index is 13.6. The quantitative estimate of drug-likeness (QED) is 0.631. The van der Waals surface area contributed by atoms with E-state index in [4.69, 9.17) is 16.3 Å². The fourth-order valence-electron chi connectivity index (χ4n) is 4.23. The van der Waals surface area contributed by atoms with Gasteiger partial charge < -0.3 is 9.64 Å². The number of hydrogen-bond acceptors (Lipinski definition) is 4. The highest BCUT2D eigenvalue weighted by atomic mass is 35.5. The monoisotopic (exact) mass is 438 g/mol. The van der Waals surface area contributed by atoms with E-state index < -0.39 is 0 Å². The summed E-state index contributed by atoms with van der Waals surface area (Å²) >= 11 is 6.30. The molecule has 1 saturated heterocycles. The van der Waals surface area contributed by atoms with Crippen molar-refractivity contribution in [1.29, 1.82) is 0 Å². The summed E-state index contributed by atoms with van der Waals surface area (Å²) in [7, 11) is 1.53. The van der Waals surface area contributed by atoms with Gasteiger partial charge in [-0.15, -0.1) is 0 Å². The van der Waals surface area contributed by atoms with E-state index in [0.29, 0.717) is 33.6 Å². The van der Waals surface area contributed by atoms with Gasteiger partial charge in [0.25, 0.3) is 11.8 Å². The van der Waals surface area contributed by atoms with Crippen molar-refractivity contribution in [2.45, 2.75) is 33.6 Å². The highest BCUT2D eigenvalue weighted by Crippen LogP contribution is 2.38. The molecule has 6 heteroatoms. The Balaban J connectivity index is 1.82. The molecule has 4 rings (SSSR count). The van der Waals surface area contributed by atoms with E-state index in [1.807, 2.05) is 32.0 Å². The second-order valence-corrected chi connectivity index (χ2v) is 8.86. The molecule has 0 aromatic heterocycles. The Morgan fingerprint density at radius 1 is 0.968 bits per heavy atom. The second-order valence-electron chi connectivity index (χ2n) is 8.46. The number of methoxy groups -OCH3 is 1. The number of likely N-dealkylation sites (tertiary alicyclic amines) is 1. The highest BCUT2D eigenvalue weighted by Gasteiger charge is 2.43. The Morgan fingerprint density at radius 2 is 1.68 bits per heavy atom. The zero-order valence-corrected chi connectivity index (χ0v) is 19.1. The third-order valence-corrected chi connectivity index (χ3v) is 6.64. The zero-order valence-electron chi connectivity index (χ0n) is 18.4. The number of nitrogens with zero attached hydrogens (tertiary/aromatic N) is 2. The van der Waals surface area contributed by atoms with Crippen molar-refractivity contribution in [2.24, 2.45) is 5.92 Å². The topological polar surface area (TPSA) is 49.9 Å². The van der Waals surface area contributed by atoms with Crippen molar-refractivity contribution in [3.8, 4) is 5.75 Å². The Hall–Kier alpha value is -2.79. The number of carbonyl (C=O) groups excluding carboxylic acids is 2. The Bertz CT molecular complexity index is 1080. The normalized spacial score (nSPS) is 17.7. The van der Waals surface area contributed by atoms with Crippen molar-refractivity contribution < 1.29 is 14.3 Å². The summed E-state index contributed by atoms with van der Waals surface area (Å²) in [5.74, 6) is 0.500. The third-order valence-electron chi connectivity index (χ3n) is 6.35. The molecular weight excluding hydrogens is 412 g/mol. The molecule has 2 aliphatic heterocycles. The van der Waals surface area contributed by atoms with Crippen LogP contribution < -0.4 is 9.64 Å². The average Bonchev–Trinajstić information content (AvgIpc) is 3.01. The van der Waals surface area contributed by atoms with E-state index in [9.17, 15) is 9.59 Å². The molecule has 2 aliphatic rings. The van der Waals surface area contributed by atoms with Crippen LogP contribution in [-0.2, 0) is 9.59 Å². The number of imide groups is 1. The van der Waals surface area contributed by atoms with Crippen LogP contribution in [0.15, 0.2) is 42.1 Å². The maximum absolute atomic E-state index is 13.6. The Morgan fingerprint density at radius 3 is 2.29 bits per heavy atom. The fourth-order valence-corrected chi connectivity index (χ4v) is 4.48. The summed E-state index contributed by atoms with van der Waals surface area (Å²) in [5, 5.41) is 0.355. The van der Waals surface area contributed by atoms with Gasteiger partial charge in [0.15, 0.2) is 0 Å². The highest BCUT2D eigenvalue weighted by molar-refractivity contribution is 6.45. The molecule has 0 bridgehead atoms. The van der Waals surface area contributed by atoms with Crippen LogP contribution in [0.3, 0.4) is 0 Å². The summed E-state index contributed by atoms with van der Waals surface area (Å²) in [6.07, 6.45) is 2.00. The molecule has 0 atom stereocenters. The summed E-state index contributed by atoms with van der Waals surface area (Å²) in [5.41, 5.74) is 4.41. The van der Waals surface area contributed by atoms with Crippen LogP contribution in [0.4, 0.5) is 5.69 Å². The molecule has 0 aliphatic carbocycles. The van der Waals surface area contributed by atoms with Gasteiger partial charge in [0.05, 0.1) is 23.4 Å². The van der Waals surface area contributed by atoms with E-state index in [-0.39, 0.29) is 11.8 Å². The van der Waals surface area contributed by atoms with Crippen LogP contribution in [0.1, 0.15) is 36.5 Å². The molecule has 162 valence electrons. The summed E-state index contributed by atoms with van der Waals surface area (Å²) in [4.78, 5) is 30.6. The number of ether oxygens (including phenoxy) is 1. The first-order valence-electron chi connectivity index (χ1n) is 10.6. The number of carbonyl (C=O) groups is 2. The predicted octanol–water partition coefficient (Wildman–Crippen LogP) is 4.98. The first kappa shape index (κ1) is 21.4. The van der Waals surface area contributed by atoms with Crippen LogP contribution >= 0.6 is 11.6 Å². The largest absolute Gasteiger partial charge is 0.495 e. The molecule has 0 N–H and O–H groups in total. The van der Waals surface area contributed by atoms with Gasteiger partial charge >= 0.3 is 0 Å². The lowest BCUT2D eigenvalue weighted by atomic mass is 9.96. The van der Waals surface area contributed by atoms with Gasteiger partial charge in [-0.1, -0.05) is 36.7 Å².